The number of ether oxygens (including phenoxy) is 1. The second kappa shape index (κ2) is 9.31. The number of hydrogen-bond acceptors (Lipinski definition) is 4. The van der Waals surface area contributed by atoms with Gasteiger partial charge in [0.25, 0.3) is 0 Å². The molecule has 1 aliphatic heterocycles. The SMILES string of the molecule is COC(=O)CCCNC(=O)CN1CCc2c([nH]c3ccccc23)C1c1ccc(F)cc1. The van der Waals surface area contributed by atoms with Gasteiger partial charge in [0.05, 0.1) is 19.7 Å². The standard InChI is InChI=1S/C24H26FN3O3/c1-31-22(30)7-4-13-26-21(29)15-28-14-12-19-18-5-2-3-6-20(18)27-23(19)24(28)16-8-10-17(25)11-9-16/h2-3,5-6,8-11,24,27H,4,7,12-15H2,1H3,(H,26,29). The molecule has 31 heavy (non-hydrogen) atoms. The zero-order chi connectivity index (χ0) is 21.8. The number of H-pyrrole nitrogens is 1. The number of esters is 1. The Morgan fingerprint density at radius 3 is 2.74 bits per heavy atom. The van der Waals surface area contributed by atoms with E-state index in [1.807, 2.05) is 18.2 Å². The van der Waals surface area contributed by atoms with Gasteiger partial charge in [0.2, 0.25) is 5.91 Å². The van der Waals surface area contributed by atoms with Crippen LogP contribution in [0.25, 0.3) is 10.9 Å². The molecule has 162 valence electrons. The molecular formula is C24H26FN3O3. The normalized spacial score (nSPS) is 16.1. The third kappa shape index (κ3) is 4.61. The number of nitrogens with one attached hydrogen (secondary N) is 2. The summed E-state index contributed by atoms with van der Waals surface area (Å²) in [5.74, 6) is -0.670. The van der Waals surface area contributed by atoms with Gasteiger partial charge in [-0.2, -0.15) is 0 Å². The van der Waals surface area contributed by atoms with Crippen LogP contribution in [0.2, 0.25) is 0 Å². The van der Waals surface area contributed by atoms with Crippen LogP contribution in [0, 0.1) is 5.82 Å². The number of aromatic nitrogens is 1. The van der Waals surface area contributed by atoms with E-state index in [2.05, 4.69) is 26.0 Å². The van der Waals surface area contributed by atoms with Gasteiger partial charge in [-0.1, -0.05) is 30.3 Å². The fraction of sp³-hybridized carbons (Fsp3) is 0.333. The van der Waals surface area contributed by atoms with Crippen molar-refractivity contribution in [2.45, 2.75) is 25.3 Å². The topological polar surface area (TPSA) is 74.4 Å². The molecule has 0 aliphatic carbocycles. The molecule has 2 heterocycles. The first-order valence-electron chi connectivity index (χ1n) is 10.5. The lowest BCUT2D eigenvalue weighted by Gasteiger charge is -2.35. The Kier molecular flexibility index (Phi) is 6.32. The summed E-state index contributed by atoms with van der Waals surface area (Å²) >= 11 is 0. The predicted molar refractivity (Wildman–Crippen MR) is 116 cm³/mol. The zero-order valence-electron chi connectivity index (χ0n) is 17.5. The molecule has 0 bridgehead atoms. The molecule has 4 rings (SSSR count). The number of methoxy groups -OCH3 is 1. The minimum Gasteiger partial charge on any atom is -0.469 e. The van der Waals surface area contributed by atoms with Crippen molar-refractivity contribution in [3.63, 3.8) is 0 Å². The molecule has 1 atom stereocenters. The van der Waals surface area contributed by atoms with E-state index in [-0.39, 0.29) is 36.7 Å². The first kappa shape index (κ1) is 21.1. The second-order valence-electron chi connectivity index (χ2n) is 7.77. The molecule has 1 aliphatic rings. The lowest BCUT2D eigenvalue weighted by Crippen LogP contribution is -2.43. The molecule has 0 fully saturated rings. The van der Waals surface area contributed by atoms with Crippen LogP contribution in [0.4, 0.5) is 4.39 Å². The Morgan fingerprint density at radius 2 is 1.97 bits per heavy atom. The van der Waals surface area contributed by atoms with Crippen molar-refractivity contribution >= 4 is 22.8 Å². The highest BCUT2D eigenvalue weighted by atomic mass is 19.1. The monoisotopic (exact) mass is 423 g/mol. The number of nitrogens with zero attached hydrogens (tertiary/aromatic N) is 1. The molecule has 0 saturated heterocycles. The third-order valence-electron chi connectivity index (χ3n) is 5.77. The molecule has 2 aromatic carbocycles. The van der Waals surface area contributed by atoms with Crippen molar-refractivity contribution in [3.8, 4) is 0 Å². The highest BCUT2D eigenvalue weighted by Crippen LogP contribution is 2.38. The van der Waals surface area contributed by atoms with Crippen LogP contribution < -0.4 is 5.32 Å². The summed E-state index contributed by atoms with van der Waals surface area (Å²) in [6.07, 6.45) is 1.63. The van der Waals surface area contributed by atoms with Crippen LogP contribution in [-0.2, 0) is 20.7 Å². The number of halogens is 1. The molecule has 1 amide bonds. The summed E-state index contributed by atoms with van der Waals surface area (Å²) in [6, 6.07) is 14.5. The average molecular weight is 423 g/mol. The number of benzene rings is 2. The van der Waals surface area contributed by atoms with E-state index in [9.17, 15) is 14.0 Å². The molecule has 1 unspecified atom stereocenters. The highest BCUT2D eigenvalue weighted by molar-refractivity contribution is 5.85. The molecular weight excluding hydrogens is 397 g/mol. The lowest BCUT2D eigenvalue weighted by atomic mass is 9.92. The van der Waals surface area contributed by atoms with E-state index in [4.69, 9.17) is 0 Å². The molecule has 6 nitrogen and oxygen atoms in total. The smallest absolute Gasteiger partial charge is 0.305 e. The minimum absolute atomic E-state index is 0.100. The van der Waals surface area contributed by atoms with Gasteiger partial charge in [-0.3, -0.25) is 14.5 Å². The third-order valence-corrected chi connectivity index (χ3v) is 5.77. The Labute approximate surface area is 180 Å². The summed E-state index contributed by atoms with van der Waals surface area (Å²) in [5, 5.41) is 4.07. The van der Waals surface area contributed by atoms with Crippen molar-refractivity contribution in [2.75, 3.05) is 26.7 Å². The van der Waals surface area contributed by atoms with Gasteiger partial charge in [0, 0.05) is 36.1 Å². The van der Waals surface area contributed by atoms with E-state index in [0.717, 1.165) is 23.2 Å². The number of amides is 1. The van der Waals surface area contributed by atoms with Crippen molar-refractivity contribution in [2.24, 2.45) is 0 Å². The van der Waals surface area contributed by atoms with Crippen LogP contribution >= 0.6 is 0 Å². The maximum absolute atomic E-state index is 13.6. The van der Waals surface area contributed by atoms with E-state index in [1.165, 1.54) is 30.2 Å². The van der Waals surface area contributed by atoms with Crippen molar-refractivity contribution < 1.29 is 18.7 Å². The predicted octanol–water partition coefficient (Wildman–Crippen LogP) is 3.32. The van der Waals surface area contributed by atoms with Crippen molar-refractivity contribution in [3.05, 3.63) is 71.2 Å². The first-order chi connectivity index (χ1) is 15.1. The molecule has 7 heteroatoms. The number of hydrogen-bond donors (Lipinski definition) is 2. The van der Waals surface area contributed by atoms with Gasteiger partial charge in [-0.15, -0.1) is 0 Å². The summed E-state index contributed by atoms with van der Waals surface area (Å²) in [4.78, 5) is 29.5. The van der Waals surface area contributed by atoms with Crippen LogP contribution in [0.3, 0.4) is 0 Å². The van der Waals surface area contributed by atoms with E-state index >= 15 is 0 Å². The Balaban J connectivity index is 1.55. The summed E-state index contributed by atoms with van der Waals surface area (Å²) < 4.78 is 18.2. The second-order valence-corrected chi connectivity index (χ2v) is 7.77. The van der Waals surface area contributed by atoms with Crippen LogP contribution in [0.1, 0.15) is 35.7 Å². The van der Waals surface area contributed by atoms with E-state index < -0.39 is 0 Å². The van der Waals surface area contributed by atoms with Crippen LogP contribution in [0.5, 0.6) is 0 Å². The Hall–Kier alpha value is -3.19. The minimum atomic E-state index is -0.286. The molecule has 1 aromatic heterocycles. The molecule has 2 N–H and O–H groups in total. The van der Waals surface area contributed by atoms with Crippen molar-refractivity contribution in [1.29, 1.82) is 0 Å². The number of aromatic amines is 1. The fourth-order valence-corrected chi connectivity index (χ4v) is 4.29. The zero-order valence-corrected chi connectivity index (χ0v) is 17.5. The number of fused-ring (bicyclic) bond motifs is 3. The Morgan fingerprint density at radius 1 is 1.19 bits per heavy atom. The largest absolute Gasteiger partial charge is 0.469 e. The average Bonchev–Trinajstić information content (AvgIpc) is 3.16. The summed E-state index contributed by atoms with van der Waals surface area (Å²) in [5.41, 5.74) is 4.30. The van der Waals surface area contributed by atoms with Gasteiger partial charge < -0.3 is 15.0 Å². The van der Waals surface area contributed by atoms with Gasteiger partial charge in [-0.25, -0.2) is 4.39 Å². The summed E-state index contributed by atoms with van der Waals surface area (Å²) in [6.45, 7) is 1.35. The Bertz CT molecular complexity index is 1080. The number of rotatable bonds is 7. The van der Waals surface area contributed by atoms with E-state index in [0.29, 0.717) is 19.5 Å². The first-order valence-corrected chi connectivity index (χ1v) is 10.5. The maximum Gasteiger partial charge on any atom is 0.305 e. The molecule has 0 radical (unpaired) electrons. The molecule has 0 saturated carbocycles. The van der Waals surface area contributed by atoms with Gasteiger partial charge in [-0.05, 0) is 42.2 Å². The summed E-state index contributed by atoms with van der Waals surface area (Å²) in [7, 11) is 1.35. The highest BCUT2D eigenvalue weighted by Gasteiger charge is 2.32. The quantitative estimate of drug-likeness (QED) is 0.452. The van der Waals surface area contributed by atoms with Crippen molar-refractivity contribution in [1.82, 2.24) is 15.2 Å². The number of carbonyl (C=O) groups is 2. The van der Waals surface area contributed by atoms with Crippen LogP contribution in [0.15, 0.2) is 48.5 Å². The molecule has 0 spiro atoms. The van der Waals surface area contributed by atoms with Gasteiger partial charge in [0.1, 0.15) is 5.82 Å². The fourth-order valence-electron chi connectivity index (χ4n) is 4.29. The number of carbonyl (C=O) groups excluding carboxylic acids is 2. The van der Waals surface area contributed by atoms with Gasteiger partial charge in [0.15, 0.2) is 0 Å². The van der Waals surface area contributed by atoms with E-state index in [1.54, 1.807) is 12.1 Å². The lowest BCUT2D eigenvalue weighted by molar-refractivity contribution is -0.140. The molecule has 3 aromatic rings. The van der Waals surface area contributed by atoms with Crippen LogP contribution in [-0.4, -0.2) is 48.5 Å². The number of para-hydroxylation sites is 1. The maximum atomic E-state index is 13.6. The van der Waals surface area contributed by atoms with Gasteiger partial charge >= 0.3 is 5.97 Å².